The van der Waals surface area contributed by atoms with Gasteiger partial charge >= 0.3 is 6.18 Å². The van der Waals surface area contributed by atoms with Crippen LogP contribution in [0.1, 0.15) is 5.56 Å². The lowest BCUT2D eigenvalue weighted by atomic mass is 10.2. The van der Waals surface area contributed by atoms with Crippen molar-refractivity contribution in [1.82, 2.24) is 4.98 Å². The Morgan fingerprint density at radius 2 is 1.71 bits per heavy atom. The second kappa shape index (κ2) is 5.24. The molecule has 9 heteroatoms. The van der Waals surface area contributed by atoms with Crippen LogP contribution in [0.3, 0.4) is 0 Å². The molecule has 0 atom stereocenters. The molecule has 0 saturated carbocycles. The van der Waals surface area contributed by atoms with Crippen molar-refractivity contribution >= 4 is 21.5 Å². The van der Waals surface area contributed by atoms with Crippen LogP contribution in [0.2, 0.25) is 0 Å². The minimum Gasteiger partial charge on any atom is -0.384 e. The SMILES string of the molecule is Nc1cc(S(=O)(=O)Nc2ccc(C(F)(F)F)cc2)ccn1. The molecule has 1 aromatic heterocycles. The molecule has 0 aliphatic heterocycles. The Hall–Kier alpha value is -2.29. The Labute approximate surface area is 118 Å². The first kappa shape index (κ1) is 15.1. The predicted octanol–water partition coefficient (Wildman–Crippen LogP) is 2.48. The number of anilines is 2. The number of nitrogen functional groups attached to an aromatic ring is 1. The van der Waals surface area contributed by atoms with Crippen molar-refractivity contribution in [2.45, 2.75) is 11.1 Å². The molecule has 0 spiro atoms. The van der Waals surface area contributed by atoms with Crippen LogP contribution < -0.4 is 10.5 Å². The number of pyridine rings is 1. The highest BCUT2D eigenvalue weighted by molar-refractivity contribution is 7.92. The van der Waals surface area contributed by atoms with Gasteiger partial charge < -0.3 is 5.73 Å². The van der Waals surface area contributed by atoms with E-state index in [9.17, 15) is 21.6 Å². The molecule has 0 saturated heterocycles. The van der Waals surface area contributed by atoms with Crippen LogP contribution in [0.4, 0.5) is 24.7 Å². The standard InChI is InChI=1S/C12H10F3N3O2S/c13-12(14,15)8-1-3-9(4-2-8)18-21(19,20)10-5-6-17-11(16)7-10/h1-7,18H,(H2,16,17). The topological polar surface area (TPSA) is 85.1 Å². The Balaban J connectivity index is 2.25. The van der Waals surface area contributed by atoms with Crippen LogP contribution in [0.15, 0.2) is 47.5 Å². The van der Waals surface area contributed by atoms with Crippen LogP contribution in [0, 0.1) is 0 Å². The summed E-state index contributed by atoms with van der Waals surface area (Å²) in [5, 5.41) is 0. The normalized spacial score (nSPS) is 12.1. The minimum atomic E-state index is -4.48. The predicted molar refractivity (Wildman–Crippen MR) is 70.9 cm³/mol. The third-order valence-corrected chi connectivity index (χ3v) is 3.91. The lowest BCUT2D eigenvalue weighted by Gasteiger charge is -2.10. The van der Waals surface area contributed by atoms with Crippen molar-refractivity contribution in [3.05, 3.63) is 48.2 Å². The number of nitrogens with one attached hydrogen (secondary N) is 1. The molecule has 5 nitrogen and oxygen atoms in total. The largest absolute Gasteiger partial charge is 0.416 e. The van der Waals surface area contributed by atoms with Gasteiger partial charge in [0.15, 0.2) is 0 Å². The minimum absolute atomic E-state index is 0.0124. The number of aromatic nitrogens is 1. The van der Waals surface area contributed by atoms with E-state index in [2.05, 4.69) is 9.71 Å². The van der Waals surface area contributed by atoms with Gasteiger partial charge in [-0.05, 0) is 30.3 Å². The molecule has 0 fully saturated rings. The van der Waals surface area contributed by atoms with E-state index in [0.717, 1.165) is 30.3 Å². The van der Waals surface area contributed by atoms with Crippen molar-refractivity contribution in [3.63, 3.8) is 0 Å². The van der Waals surface area contributed by atoms with Crippen LogP contribution in [0.5, 0.6) is 0 Å². The van der Waals surface area contributed by atoms with Crippen molar-refractivity contribution in [3.8, 4) is 0 Å². The fraction of sp³-hybridized carbons (Fsp3) is 0.0833. The average Bonchev–Trinajstić information content (AvgIpc) is 2.38. The number of nitrogens with zero attached hydrogens (tertiary/aromatic N) is 1. The van der Waals surface area contributed by atoms with E-state index < -0.39 is 21.8 Å². The Morgan fingerprint density at radius 1 is 1.10 bits per heavy atom. The van der Waals surface area contributed by atoms with Gasteiger partial charge in [0.25, 0.3) is 10.0 Å². The fourth-order valence-electron chi connectivity index (χ4n) is 1.54. The molecule has 0 unspecified atom stereocenters. The zero-order valence-corrected chi connectivity index (χ0v) is 11.2. The molecular weight excluding hydrogens is 307 g/mol. The number of sulfonamides is 1. The molecule has 112 valence electrons. The molecule has 0 aliphatic rings. The molecule has 1 heterocycles. The van der Waals surface area contributed by atoms with Crippen molar-refractivity contribution < 1.29 is 21.6 Å². The molecule has 1 aromatic carbocycles. The lowest BCUT2D eigenvalue weighted by Crippen LogP contribution is -2.14. The zero-order chi connectivity index (χ0) is 15.7. The summed E-state index contributed by atoms with van der Waals surface area (Å²) in [5.41, 5.74) is 4.54. The fourth-order valence-corrected chi connectivity index (χ4v) is 2.62. The van der Waals surface area contributed by atoms with E-state index in [-0.39, 0.29) is 16.4 Å². The first-order valence-electron chi connectivity index (χ1n) is 5.60. The first-order chi connectivity index (χ1) is 9.68. The van der Waals surface area contributed by atoms with E-state index in [0.29, 0.717) is 0 Å². The number of nitrogens with two attached hydrogens (primary N) is 1. The van der Waals surface area contributed by atoms with Crippen LogP contribution in [0.25, 0.3) is 0 Å². The van der Waals surface area contributed by atoms with E-state index in [4.69, 9.17) is 5.73 Å². The highest BCUT2D eigenvalue weighted by atomic mass is 32.2. The van der Waals surface area contributed by atoms with Crippen LogP contribution >= 0.6 is 0 Å². The molecule has 0 bridgehead atoms. The molecular formula is C12H10F3N3O2S. The van der Waals surface area contributed by atoms with Gasteiger partial charge in [-0.1, -0.05) is 0 Å². The van der Waals surface area contributed by atoms with Gasteiger partial charge in [-0.25, -0.2) is 13.4 Å². The van der Waals surface area contributed by atoms with Crippen LogP contribution in [-0.2, 0) is 16.2 Å². The quantitative estimate of drug-likeness (QED) is 0.911. The maximum atomic E-state index is 12.4. The maximum absolute atomic E-state index is 12.4. The second-order valence-corrected chi connectivity index (χ2v) is 5.78. The third-order valence-electron chi connectivity index (χ3n) is 2.53. The average molecular weight is 317 g/mol. The van der Waals surface area contributed by atoms with Gasteiger partial charge in [0.1, 0.15) is 5.82 Å². The number of hydrogen-bond donors (Lipinski definition) is 2. The van der Waals surface area contributed by atoms with E-state index in [1.807, 2.05) is 0 Å². The number of alkyl halides is 3. The monoisotopic (exact) mass is 317 g/mol. The summed E-state index contributed by atoms with van der Waals surface area (Å²) >= 11 is 0. The summed E-state index contributed by atoms with van der Waals surface area (Å²) in [6.45, 7) is 0. The van der Waals surface area contributed by atoms with E-state index in [1.165, 1.54) is 12.3 Å². The Bertz CT molecular complexity index is 743. The van der Waals surface area contributed by atoms with E-state index in [1.54, 1.807) is 0 Å². The maximum Gasteiger partial charge on any atom is 0.416 e. The Morgan fingerprint density at radius 3 is 2.24 bits per heavy atom. The first-order valence-corrected chi connectivity index (χ1v) is 7.08. The molecule has 0 aliphatic carbocycles. The highest BCUT2D eigenvalue weighted by Crippen LogP contribution is 2.30. The van der Waals surface area contributed by atoms with Crippen LogP contribution in [-0.4, -0.2) is 13.4 Å². The Kier molecular flexibility index (Phi) is 3.77. The van der Waals surface area contributed by atoms with Gasteiger partial charge in [-0.2, -0.15) is 13.2 Å². The summed E-state index contributed by atoms with van der Waals surface area (Å²) in [6.07, 6.45) is -3.26. The molecule has 3 N–H and O–H groups in total. The van der Waals surface area contributed by atoms with Crippen molar-refractivity contribution in [2.24, 2.45) is 0 Å². The number of hydrogen-bond acceptors (Lipinski definition) is 4. The summed E-state index contributed by atoms with van der Waals surface area (Å²) in [7, 11) is -3.94. The highest BCUT2D eigenvalue weighted by Gasteiger charge is 2.30. The molecule has 21 heavy (non-hydrogen) atoms. The molecule has 2 rings (SSSR count). The second-order valence-electron chi connectivity index (χ2n) is 4.10. The summed E-state index contributed by atoms with van der Waals surface area (Å²) in [4.78, 5) is 3.53. The smallest absolute Gasteiger partial charge is 0.384 e. The van der Waals surface area contributed by atoms with Gasteiger partial charge in [0.05, 0.1) is 10.5 Å². The summed E-state index contributed by atoms with van der Waals surface area (Å²) in [5.74, 6) is 0.0188. The summed E-state index contributed by atoms with van der Waals surface area (Å²) in [6, 6.07) is 6.02. The summed E-state index contributed by atoms with van der Waals surface area (Å²) < 4.78 is 63.4. The zero-order valence-electron chi connectivity index (χ0n) is 10.4. The number of rotatable bonds is 3. The third kappa shape index (κ3) is 3.63. The van der Waals surface area contributed by atoms with Gasteiger partial charge in [-0.15, -0.1) is 0 Å². The van der Waals surface area contributed by atoms with Gasteiger partial charge in [0, 0.05) is 18.0 Å². The van der Waals surface area contributed by atoms with Crippen molar-refractivity contribution in [1.29, 1.82) is 0 Å². The van der Waals surface area contributed by atoms with Gasteiger partial charge in [0.2, 0.25) is 0 Å². The van der Waals surface area contributed by atoms with Crippen molar-refractivity contribution in [2.75, 3.05) is 10.5 Å². The lowest BCUT2D eigenvalue weighted by molar-refractivity contribution is -0.137. The number of halogens is 3. The van der Waals surface area contributed by atoms with Gasteiger partial charge in [-0.3, -0.25) is 4.72 Å². The molecule has 0 amide bonds. The molecule has 2 aromatic rings. The van der Waals surface area contributed by atoms with E-state index >= 15 is 0 Å². The molecule has 0 radical (unpaired) electrons. The number of benzene rings is 1.